The minimum atomic E-state index is -5.32. The Labute approximate surface area is 552 Å². The van der Waals surface area contributed by atoms with Gasteiger partial charge in [-0.3, -0.25) is 53.1 Å². The van der Waals surface area contributed by atoms with Gasteiger partial charge in [0.25, 0.3) is 7.82 Å². The first-order valence-electron chi connectivity index (χ1n) is 30.5. The zero-order valence-corrected chi connectivity index (χ0v) is 56.9. The monoisotopic (exact) mass is 1360 g/mol. The molecule has 2 saturated heterocycles. The van der Waals surface area contributed by atoms with E-state index in [2.05, 4.69) is 10.3 Å². The number of phosphoric ester groups is 1. The van der Waals surface area contributed by atoms with E-state index in [0.29, 0.717) is 56.4 Å². The molecule has 2 fully saturated rings. The summed E-state index contributed by atoms with van der Waals surface area (Å²) in [5.74, 6) is -7.40. The Morgan fingerprint density at radius 1 is 0.796 bits per heavy atom. The molecule has 1 aromatic heterocycles. The summed E-state index contributed by atoms with van der Waals surface area (Å²) >= 11 is 0. The van der Waals surface area contributed by atoms with Crippen LogP contribution in [-0.2, 0) is 68.7 Å². The van der Waals surface area contributed by atoms with Crippen LogP contribution in [0.25, 0.3) is 16.4 Å². The number of nitrogens with one attached hydrogen (secondary N) is 1. The van der Waals surface area contributed by atoms with Gasteiger partial charge in [0.15, 0.2) is 6.23 Å². The predicted molar refractivity (Wildman–Crippen MR) is 342 cm³/mol. The van der Waals surface area contributed by atoms with Gasteiger partial charge in [-0.2, -0.15) is 5.70 Å². The van der Waals surface area contributed by atoms with Crippen LogP contribution >= 0.6 is 7.82 Å². The topological polar surface area (TPSA) is 496 Å². The standard InChI is InChI=1S/C62H90N13O14P.CH3.Co.H2O/c1-29-20-39-40(21-30(29)2)75(28-70-39)57-52(84)53(41(27-76)87-57)89-90(85,86)88-31(3)26-69-49(83)18-19-59(8)37(22-46(66)80)56-62(11)61(10,25-48(68)82)36(14-17-45(65)79)51(74-62)33(5)55-60(9,24-47(67)81)34(12-15-43(63)77)38(71-55)23-42-58(6,7)35(13-16-44(64)78)50(72-42)32(4)54(59)73-56;;;/h20-21,23,28,31,34-37,41,52-53,56-57,76,84H,12-19,22,24-27H2,1-11H3,(H15,63,64,65,66,67,68,69,71,72,73,74,77,78,79,80,81,82,83,85,86);1H3;;1H2/q;-1;+3;/p-2. The number of rotatable bonds is 26. The molecule has 7 amide bonds. The number of benzene rings is 1. The molecule has 8 bridgehead atoms. The maximum Gasteiger partial charge on any atom is 3.00 e. The van der Waals surface area contributed by atoms with E-state index in [0.717, 1.165) is 11.1 Å². The van der Waals surface area contributed by atoms with E-state index in [4.69, 9.17) is 68.5 Å². The Kier molecular flexibility index (Phi) is 23.9. The van der Waals surface area contributed by atoms with Gasteiger partial charge in [0.2, 0.25) is 41.4 Å². The van der Waals surface area contributed by atoms with Crippen LogP contribution < -0.4 is 44.6 Å². The fourth-order valence-electron chi connectivity index (χ4n) is 15.3. The van der Waals surface area contributed by atoms with Crippen molar-refractivity contribution in [1.29, 1.82) is 0 Å². The van der Waals surface area contributed by atoms with Gasteiger partial charge < -0.3 is 91.4 Å². The van der Waals surface area contributed by atoms with Crippen molar-refractivity contribution < 1.29 is 89.3 Å². The molecule has 6 aliphatic heterocycles. The van der Waals surface area contributed by atoms with Crippen molar-refractivity contribution in [2.75, 3.05) is 13.2 Å². The second-order valence-electron chi connectivity index (χ2n) is 27.0. The van der Waals surface area contributed by atoms with Gasteiger partial charge in [0, 0.05) is 108 Å². The van der Waals surface area contributed by atoms with Crippen molar-refractivity contribution in [3.05, 3.63) is 76.6 Å². The number of hydrogen-bond donors (Lipinski definition) is 9. The first-order chi connectivity index (χ1) is 41.8. The summed E-state index contributed by atoms with van der Waals surface area (Å²) < 4.78 is 31.9. The van der Waals surface area contributed by atoms with Gasteiger partial charge >= 0.3 is 16.8 Å². The number of hydrogen-bond acceptors (Lipinski definition) is 18. The van der Waals surface area contributed by atoms with Gasteiger partial charge in [-0.1, -0.05) is 40.7 Å². The summed E-state index contributed by atoms with van der Waals surface area (Å²) in [6.45, 7) is 19.0. The quantitative estimate of drug-likeness (QED) is 0.0483. The number of aliphatic hydroxyl groups is 2. The summed E-state index contributed by atoms with van der Waals surface area (Å²) in [4.78, 5) is 128. The molecule has 6 aliphatic rings. The van der Waals surface area contributed by atoms with Crippen LogP contribution in [0.5, 0.6) is 0 Å². The summed E-state index contributed by atoms with van der Waals surface area (Å²) in [5.41, 5.74) is 36.7. The average molecular weight is 1360 g/mol. The predicted octanol–water partition coefficient (Wildman–Crippen LogP) is 2.94. The molecule has 93 heavy (non-hydrogen) atoms. The fourth-order valence-corrected chi connectivity index (χ4v) is 16.4. The zero-order valence-electron chi connectivity index (χ0n) is 55.0. The minimum Gasteiger partial charge on any atom is -0.756 e. The molecular formula is C63H93CoN13O15P. The maximum absolute atomic E-state index is 14.4. The molecule has 7 heterocycles. The molecule has 17 N–H and O–H groups in total. The number of allylic oxidation sites excluding steroid dienone is 6. The van der Waals surface area contributed by atoms with Crippen LogP contribution in [0.15, 0.2) is 67.8 Å². The van der Waals surface area contributed by atoms with Crippen molar-refractivity contribution >= 4 is 77.3 Å². The fraction of sp³-hybridized carbons (Fsp3) is 0.619. The van der Waals surface area contributed by atoms with E-state index in [1.54, 1.807) is 6.92 Å². The number of fused-ring (bicyclic) bond motifs is 7. The number of carbonyl (C=O) groups is 7. The third-order valence-electron chi connectivity index (χ3n) is 20.5. The summed E-state index contributed by atoms with van der Waals surface area (Å²) in [5, 5.41) is 30.1. The van der Waals surface area contributed by atoms with Gasteiger partial charge in [-0.05, 0) is 119 Å². The van der Waals surface area contributed by atoms with Crippen LogP contribution in [0, 0.1) is 66.6 Å². The second-order valence-corrected chi connectivity index (χ2v) is 28.3. The summed E-state index contributed by atoms with van der Waals surface area (Å²) in [6, 6.07) is 2.65. The first-order valence-corrected chi connectivity index (χ1v) is 32.0. The number of nitrogens with zero attached hydrogens (tertiary/aromatic N) is 6. The smallest absolute Gasteiger partial charge is 0.756 e. The zero-order chi connectivity index (χ0) is 66.7. The largest absolute Gasteiger partial charge is 3.00 e. The number of aromatic nitrogens is 2. The number of imidazole rings is 1. The molecule has 514 valence electrons. The van der Waals surface area contributed by atoms with E-state index < -0.39 is 143 Å². The number of primary amides is 6. The van der Waals surface area contributed by atoms with E-state index in [1.165, 1.54) is 17.8 Å². The number of carbonyl (C=O) groups excluding carboxylic acids is 7. The Hall–Kier alpha value is -6.53. The molecule has 0 saturated carbocycles. The second kappa shape index (κ2) is 28.8. The molecule has 0 radical (unpaired) electrons. The Morgan fingerprint density at radius 2 is 1.38 bits per heavy atom. The Bertz CT molecular complexity index is 3550. The summed E-state index contributed by atoms with van der Waals surface area (Å²) in [6.07, 6.45) is -4.79. The number of aryl methyl sites for hydroxylation is 2. The number of nitrogens with two attached hydrogens (primary N) is 6. The molecule has 15 unspecified atom stereocenters. The van der Waals surface area contributed by atoms with Crippen LogP contribution in [0.2, 0.25) is 0 Å². The first kappa shape index (κ1) is 77.2. The van der Waals surface area contributed by atoms with Crippen LogP contribution in [0.3, 0.4) is 0 Å². The van der Waals surface area contributed by atoms with Crippen molar-refractivity contribution in [1.82, 2.24) is 14.9 Å². The number of aliphatic hydroxyl groups excluding tert-OH is 2. The van der Waals surface area contributed by atoms with Crippen molar-refractivity contribution in [2.24, 2.45) is 94.7 Å². The van der Waals surface area contributed by atoms with Crippen molar-refractivity contribution in [2.45, 2.75) is 189 Å². The van der Waals surface area contributed by atoms with E-state index in [9.17, 15) is 53.2 Å². The molecule has 30 heteroatoms. The van der Waals surface area contributed by atoms with Crippen LogP contribution in [0.4, 0.5) is 0 Å². The molecule has 15 atom stereocenters. The molecule has 1 aromatic carbocycles. The van der Waals surface area contributed by atoms with E-state index >= 15 is 0 Å². The Morgan fingerprint density at radius 3 is 1.95 bits per heavy atom. The summed E-state index contributed by atoms with van der Waals surface area (Å²) in [7, 11) is -5.32. The number of phosphoric acid groups is 1. The molecule has 8 rings (SSSR count). The van der Waals surface area contributed by atoms with Crippen molar-refractivity contribution in [3.63, 3.8) is 0 Å². The van der Waals surface area contributed by atoms with Gasteiger partial charge in [0.05, 0.1) is 41.3 Å². The molecule has 2 aromatic rings. The van der Waals surface area contributed by atoms with Crippen LogP contribution in [0.1, 0.15) is 150 Å². The average Bonchev–Trinajstić information content (AvgIpc) is 1.53. The number of ether oxygens (including phenoxy) is 1. The molecule has 0 spiro atoms. The Balaban J connectivity index is 0.00000523. The molecule has 28 nitrogen and oxygen atoms in total. The maximum atomic E-state index is 14.4. The SMILES string of the molecule is CC1=C2N=C(C=C3N=C(C(C)=C4[N-]C(C(CC(N)=O)C4(C)CCC(=O)NCC(C)OP(=O)([O-])OC4C(CO)OC(n5cnc6cc(C)c(C)cc65)C4O)C4(C)N=C1C(CCC(N)=O)C4(C)CC(N)=O)C(CCC(N)=O)C3(C)C)C(CCC(N)=O)C2(C)CC(N)=O.O.[CH3-].[Co+3]. The number of aliphatic imine (C=N–C) groups is 3. The third kappa shape index (κ3) is 14.8. The normalized spacial score (nSPS) is 31.0. The van der Waals surface area contributed by atoms with E-state index in [-0.39, 0.29) is 107 Å². The van der Waals surface area contributed by atoms with Gasteiger partial charge in [-0.25, -0.2) is 4.98 Å². The third-order valence-corrected chi connectivity index (χ3v) is 21.6. The van der Waals surface area contributed by atoms with Gasteiger partial charge in [-0.15, -0.1) is 0 Å². The molecular weight excluding hydrogens is 1270 g/mol. The molecule has 0 aliphatic carbocycles. The van der Waals surface area contributed by atoms with Crippen molar-refractivity contribution in [3.8, 4) is 0 Å². The van der Waals surface area contributed by atoms with Gasteiger partial charge in [0.1, 0.15) is 18.3 Å². The van der Waals surface area contributed by atoms with E-state index in [1.807, 2.05) is 80.5 Å². The van der Waals surface area contributed by atoms with Crippen LogP contribution in [-0.4, -0.2) is 133 Å². The number of amides is 7. The minimum absolute atomic E-state index is 0.